The van der Waals surface area contributed by atoms with Gasteiger partial charge in [0.15, 0.2) is 0 Å². The van der Waals surface area contributed by atoms with Crippen LogP contribution in [0, 0.1) is 12.7 Å². The number of halogens is 2. The standard InChI is InChI=1S/C18H15BrFN3O/c1-12-9-17(23(22-12)11-13-5-3-2-4-6-13)21-18(24)15-8-7-14(20)10-16(15)19/h2-10H,11H2,1H3,(H,21,24). The van der Waals surface area contributed by atoms with Crippen molar-refractivity contribution in [2.75, 3.05) is 5.32 Å². The zero-order chi connectivity index (χ0) is 17.1. The summed E-state index contributed by atoms with van der Waals surface area (Å²) in [5.74, 6) is -0.128. The van der Waals surface area contributed by atoms with Crippen LogP contribution in [-0.2, 0) is 6.54 Å². The van der Waals surface area contributed by atoms with Crippen LogP contribution in [0.5, 0.6) is 0 Å². The molecule has 0 saturated carbocycles. The lowest BCUT2D eigenvalue weighted by Gasteiger charge is -2.10. The average molecular weight is 388 g/mol. The van der Waals surface area contributed by atoms with Gasteiger partial charge in [-0.25, -0.2) is 9.07 Å². The fraction of sp³-hybridized carbons (Fsp3) is 0.111. The molecule has 6 heteroatoms. The van der Waals surface area contributed by atoms with E-state index in [1.807, 2.05) is 37.3 Å². The van der Waals surface area contributed by atoms with E-state index in [4.69, 9.17) is 0 Å². The van der Waals surface area contributed by atoms with Gasteiger partial charge in [-0.2, -0.15) is 5.10 Å². The molecule has 0 bridgehead atoms. The maximum Gasteiger partial charge on any atom is 0.257 e. The number of aryl methyl sites for hydroxylation is 1. The minimum Gasteiger partial charge on any atom is -0.307 e. The van der Waals surface area contributed by atoms with E-state index in [0.29, 0.717) is 22.4 Å². The summed E-state index contributed by atoms with van der Waals surface area (Å²) in [6.45, 7) is 2.42. The predicted octanol–water partition coefficient (Wildman–Crippen LogP) is 4.39. The number of hydrogen-bond donors (Lipinski definition) is 1. The van der Waals surface area contributed by atoms with Gasteiger partial charge in [-0.15, -0.1) is 0 Å². The van der Waals surface area contributed by atoms with Crippen molar-refractivity contribution in [1.82, 2.24) is 9.78 Å². The van der Waals surface area contributed by atoms with Crippen molar-refractivity contribution in [1.29, 1.82) is 0 Å². The zero-order valence-electron chi connectivity index (χ0n) is 13.0. The molecule has 0 radical (unpaired) electrons. The van der Waals surface area contributed by atoms with Crippen molar-refractivity contribution in [2.24, 2.45) is 0 Å². The molecule has 0 unspecified atom stereocenters. The first kappa shape index (κ1) is 16.4. The monoisotopic (exact) mass is 387 g/mol. The van der Waals surface area contributed by atoms with Crippen molar-refractivity contribution in [2.45, 2.75) is 13.5 Å². The third kappa shape index (κ3) is 3.71. The third-order valence-electron chi connectivity index (χ3n) is 3.49. The highest BCUT2D eigenvalue weighted by Crippen LogP contribution is 2.20. The molecule has 1 aromatic heterocycles. The molecule has 0 fully saturated rings. The van der Waals surface area contributed by atoms with E-state index in [2.05, 4.69) is 26.3 Å². The maximum atomic E-state index is 13.2. The van der Waals surface area contributed by atoms with Crippen LogP contribution in [0.4, 0.5) is 10.2 Å². The first-order chi connectivity index (χ1) is 11.5. The van der Waals surface area contributed by atoms with E-state index in [0.717, 1.165) is 11.3 Å². The fourth-order valence-corrected chi connectivity index (χ4v) is 2.91. The van der Waals surface area contributed by atoms with Crippen molar-refractivity contribution >= 4 is 27.7 Å². The van der Waals surface area contributed by atoms with E-state index in [1.54, 1.807) is 10.7 Å². The average Bonchev–Trinajstić information content (AvgIpc) is 2.87. The SMILES string of the molecule is Cc1cc(NC(=O)c2ccc(F)cc2Br)n(Cc2ccccc2)n1. The molecule has 3 rings (SSSR count). The molecule has 122 valence electrons. The Labute approximate surface area is 147 Å². The number of nitrogens with one attached hydrogen (secondary N) is 1. The third-order valence-corrected chi connectivity index (χ3v) is 4.15. The van der Waals surface area contributed by atoms with Crippen molar-refractivity contribution in [3.63, 3.8) is 0 Å². The molecule has 1 amide bonds. The molecule has 3 aromatic rings. The lowest BCUT2D eigenvalue weighted by atomic mass is 10.2. The smallest absolute Gasteiger partial charge is 0.257 e. The van der Waals surface area contributed by atoms with E-state index >= 15 is 0 Å². The Balaban J connectivity index is 1.83. The van der Waals surface area contributed by atoms with Gasteiger partial charge in [0, 0.05) is 10.5 Å². The Bertz CT molecular complexity index is 877. The number of rotatable bonds is 4. The molecule has 1 heterocycles. The Morgan fingerprint density at radius 2 is 1.96 bits per heavy atom. The van der Waals surface area contributed by atoms with Crippen molar-refractivity contribution in [3.8, 4) is 0 Å². The lowest BCUT2D eigenvalue weighted by Crippen LogP contribution is -2.16. The van der Waals surface area contributed by atoms with E-state index in [-0.39, 0.29) is 5.91 Å². The van der Waals surface area contributed by atoms with Gasteiger partial charge in [-0.1, -0.05) is 30.3 Å². The molecule has 24 heavy (non-hydrogen) atoms. The second kappa shape index (κ2) is 6.97. The van der Waals surface area contributed by atoms with Gasteiger partial charge in [0.25, 0.3) is 5.91 Å². The number of amides is 1. The summed E-state index contributed by atoms with van der Waals surface area (Å²) in [6, 6.07) is 15.6. The van der Waals surface area contributed by atoms with E-state index in [9.17, 15) is 9.18 Å². The summed E-state index contributed by atoms with van der Waals surface area (Å²) in [5.41, 5.74) is 2.25. The first-order valence-corrected chi connectivity index (χ1v) is 8.17. The van der Waals surface area contributed by atoms with E-state index in [1.165, 1.54) is 18.2 Å². The number of benzene rings is 2. The number of nitrogens with zero attached hydrogens (tertiary/aromatic N) is 2. The molecule has 4 nitrogen and oxygen atoms in total. The number of carbonyl (C=O) groups excluding carboxylic acids is 1. The fourth-order valence-electron chi connectivity index (χ4n) is 2.38. The molecule has 0 aliphatic carbocycles. The van der Waals surface area contributed by atoms with Crippen LogP contribution in [0.25, 0.3) is 0 Å². The summed E-state index contributed by atoms with van der Waals surface area (Å²) in [5, 5.41) is 7.26. The number of hydrogen-bond acceptors (Lipinski definition) is 2. The minimum absolute atomic E-state index is 0.323. The summed E-state index contributed by atoms with van der Waals surface area (Å²) in [6.07, 6.45) is 0. The molecule has 0 saturated heterocycles. The van der Waals surface area contributed by atoms with Crippen LogP contribution in [-0.4, -0.2) is 15.7 Å². The normalized spacial score (nSPS) is 10.6. The highest BCUT2D eigenvalue weighted by atomic mass is 79.9. The molecule has 2 aromatic carbocycles. The molecular formula is C18H15BrFN3O. The topological polar surface area (TPSA) is 46.9 Å². The first-order valence-electron chi connectivity index (χ1n) is 7.38. The molecule has 1 N–H and O–H groups in total. The zero-order valence-corrected chi connectivity index (χ0v) is 14.5. The van der Waals surface area contributed by atoms with Gasteiger partial charge in [0.2, 0.25) is 0 Å². The summed E-state index contributed by atoms with van der Waals surface area (Å²) >= 11 is 3.22. The predicted molar refractivity (Wildman–Crippen MR) is 94.6 cm³/mol. The molecule has 0 aliphatic heterocycles. The quantitative estimate of drug-likeness (QED) is 0.721. The summed E-state index contributed by atoms with van der Waals surface area (Å²) in [7, 11) is 0. The molecule has 0 atom stereocenters. The van der Waals surface area contributed by atoms with Crippen molar-refractivity contribution in [3.05, 3.63) is 81.7 Å². The van der Waals surface area contributed by atoms with Gasteiger partial charge >= 0.3 is 0 Å². The van der Waals surface area contributed by atoms with Crippen molar-refractivity contribution < 1.29 is 9.18 Å². The molecule has 0 aliphatic rings. The van der Waals surface area contributed by atoms with Gasteiger partial charge in [-0.3, -0.25) is 4.79 Å². The Morgan fingerprint density at radius 1 is 1.21 bits per heavy atom. The van der Waals surface area contributed by atoms with Crippen LogP contribution in [0.15, 0.2) is 59.1 Å². The van der Waals surface area contributed by atoms with Crippen LogP contribution >= 0.6 is 15.9 Å². The van der Waals surface area contributed by atoms with Crippen LogP contribution in [0.2, 0.25) is 0 Å². The minimum atomic E-state index is -0.400. The Hall–Kier alpha value is -2.47. The summed E-state index contributed by atoms with van der Waals surface area (Å²) in [4.78, 5) is 12.5. The summed E-state index contributed by atoms with van der Waals surface area (Å²) < 4.78 is 15.3. The van der Waals surface area contributed by atoms with Gasteiger partial charge in [0.05, 0.1) is 17.8 Å². The Morgan fingerprint density at radius 3 is 2.67 bits per heavy atom. The molecular weight excluding hydrogens is 373 g/mol. The largest absolute Gasteiger partial charge is 0.307 e. The molecule has 0 spiro atoms. The van der Waals surface area contributed by atoms with Gasteiger partial charge in [-0.05, 0) is 46.6 Å². The Kier molecular flexibility index (Phi) is 4.76. The highest BCUT2D eigenvalue weighted by Gasteiger charge is 2.14. The van der Waals surface area contributed by atoms with Crippen LogP contribution < -0.4 is 5.32 Å². The van der Waals surface area contributed by atoms with Crippen LogP contribution in [0.3, 0.4) is 0 Å². The second-order valence-electron chi connectivity index (χ2n) is 5.39. The second-order valence-corrected chi connectivity index (χ2v) is 6.25. The highest BCUT2D eigenvalue weighted by molar-refractivity contribution is 9.10. The lowest BCUT2D eigenvalue weighted by molar-refractivity contribution is 0.102. The maximum absolute atomic E-state index is 13.2. The van der Waals surface area contributed by atoms with E-state index < -0.39 is 5.82 Å². The number of anilines is 1. The number of aromatic nitrogens is 2. The number of carbonyl (C=O) groups is 1. The van der Waals surface area contributed by atoms with Gasteiger partial charge in [0.1, 0.15) is 11.6 Å². The van der Waals surface area contributed by atoms with Gasteiger partial charge < -0.3 is 5.32 Å². The van der Waals surface area contributed by atoms with Crippen LogP contribution in [0.1, 0.15) is 21.6 Å².